The van der Waals surface area contributed by atoms with Crippen LogP contribution in [0.15, 0.2) is 35.1 Å². The molecule has 0 aliphatic rings. The molecule has 1 heterocycles. The van der Waals surface area contributed by atoms with Crippen LogP contribution >= 0.6 is 15.9 Å². The lowest BCUT2D eigenvalue weighted by molar-refractivity contribution is 0.411. The number of hydrogen-bond acceptors (Lipinski definition) is 4. The van der Waals surface area contributed by atoms with E-state index in [9.17, 15) is 0 Å². The number of aromatic nitrogens is 2. The van der Waals surface area contributed by atoms with Crippen molar-refractivity contribution >= 4 is 15.9 Å². The van der Waals surface area contributed by atoms with E-state index in [2.05, 4.69) is 50.3 Å². The Morgan fingerprint density at radius 2 is 2.10 bits per heavy atom. The first-order valence-corrected chi connectivity index (χ1v) is 7.24. The lowest BCUT2D eigenvalue weighted by atomic mass is 10.1. The van der Waals surface area contributed by atoms with E-state index in [0.717, 1.165) is 21.6 Å². The number of hydrogen-bond donors (Lipinski definition) is 1. The zero-order valence-corrected chi connectivity index (χ0v) is 13.4. The second-order valence-corrected chi connectivity index (χ2v) is 5.50. The summed E-state index contributed by atoms with van der Waals surface area (Å²) in [5.74, 6) is 0.838. The molecule has 0 bridgehead atoms. The van der Waals surface area contributed by atoms with E-state index in [1.165, 1.54) is 5.56 Å². The van der Waals surface area contributed by atoms with Crippen LogP contribution in [0.5, 0.6) is 5.75 Å². The standard InChI is InChI=1S/C15H18BrN3O/c1-10-7-19-13(8-17-10)9-18-11(2)12-4-5-15(20-3)14(16)6-12/h4-8,11,18H,9H2,1-3H3. The van der Waals surface area contributed by atoms with Crippen molar-refractivity contribution in [1.29, 1.82) is 0 Å². The normalized spacial score (nSPS) is 12.2. The highest BCUT2D eigenvalue weighted by atomic mass is 79.9. The summed E-state index contributed by atoms with van der Waals surface area (Å²) in [6.07, 6.45) is 3.59. The van der Waals surface area contributed by atoms with E-state index in [1.54, 1.807) is 19.5 Å². The number of nitrogens with one attached hydrogen (secondary N) is 1. The molecule has 20 heavy (non-hydrogen) atoms. The van der Waals surface area contributed by atoms with Crippen molar-refractivity contribution in [2.75, 3.05) is 7.11 Å². The van der Waals surface area contributed by atoms with Gasteiger partial charge in [0.25, 0.3) is 0 Å². The van der Waals surface area contributed by atoms with E-state index in [4.69, 9.17) is 4.74 Å². The van der Waals surface area contributed by atoms with Crippen molar-refractivity contribution in [3.63, 3.8) is 0 Å². The third-order valence-corrected chi connectivity index (χ3v) is 3.72. The Hall–Kier alpha value is -1.46. The highest BCUT2D eigenvalue weighted by Gasteiger charge is 2.08. The van der Waals surface area contributed by atoms with E-state index in [1.807, 2.05) is 13.0 Å². The second kappa shape index (κ2) is 6.81. The lowest BCUT2D eigenvalue weighted by Crippen LogP contribution is -2.19. The molecule has 0 saturated heterocycles. The first kappa shape index (κ1) is 14.9. The second-order valence-electron chi connectivity index (χ2n) is 4.65. The van der Waals surface area contributed by atoms with E-state index >= 15 is 0 Å². The van der Waals surface area contributed by atoms with Crippen LogP contribution in [-0.4, -0.2) is 17.1 Å². The van der Waals surface area contributed by atoms with Crippen LogP contribution in [0.2, 0.25) is 0 Å². The Morgan fingerprint density at radius 1 is 1.30 bits per heavy atom. The number of benzene rings is 1. The molecule has 0 aliphatic carbocycles. The summed E-state index contributed by atoms with van der Waals surface area (Å²) in [7, 11) is 1.66. The van der Waals surface area contributed by atoms with E-state index in [0.29, 0.717) is 6.54 Å². The van der Waals surface area contributed by atoms with Crippen molar-refractivity contribution in [2.24, 2.45) is 0 Å². The molecule has 1 N–H and O–H groups in total. The Kier molecular flexibility index (Phi) is 5.09. The summed E-state index contributed by atoms with van der Waals surface area (Å²) in [5, 5.41) is 3.44. The number of aryl methyl sites for hydroxylation is 1. The number of halogens is 1. The van der Waals surface area contributed by atoms with Crippen molar-refractivity contribution < 1.29 is 4.74 Å². The molecule has 106 valence electrons. The molecule has 2 rings (SSSR count). The third-order valence-electron chi connectivity index (χ3n) is 3.10. The molecule has 4 nitrogen and oxygen atoms in total. The minimum atomic E-state index is 0.223. The Morgan fingerprint density at radius 3 is 2.70 bits per heavy atom. The van der Waals surface area contributed by atoms with Gasteiger partial charge in [-0.2, -0.15) is 0 Å². The molecule has 1 aromatic carbocycles. The highest BCUT2D eigenvalue weighted by Crippen LogP contribution is 2.27. The van der Waals surface area contributed by atoms with Gasteiger partial charge >= 0.3 is 0 Å². The first-order valence-electron chi connectivity index (χ1n) is 6.44. The molecule has 0 aliphatic heterocycles. The average molecular weight is 336 g/mol. The molecule has 2 aromatic rings. The van der Waals surface area contributed by atoms with Gasteiger partial charge in [-0.05, 0) is 47.5 Å². The SMILES string of the molecule is COc1ccc(C(C)NCc2cnc(C)cn2)cc1Br. The van der Waals surface area contributed by atoms with Crippen molar-refractivity contribution in [1.82, 2.24) is 15.3 Å². The zero-order valence-electron chi connectivity index (χ0n) is 11.9. The summed E-state index contributed by atoms with van der Waals surface area (Å²) in [4.78, 5) is 8.57. The van der Waals surface area contributed by atoms with Gasteiger partial charge in [0.15, 0.2) is 0 Å². The van der Waals surface area contributed by atoms with Gasteiger partial charge < -0.3 is 10.1 Å². The van der Waals surface area contributed by atoms with Crippen molar-refractivity contribution in [3.8, 4) is 5.75 Å². The Balaban J connectivity index is 1.99. The van der Waals surface area contributed by atoms with Crippen molar-refractivity contribution in [3.05, 3.63) is 52.0 Å². The monoisotopic (exact) mass is 335 g/mol. The van der Waals surface area contributed by atoms with Crippen LogP contribution < -0.4 is 10.1 Å². The first-order chi connectivity index (χ1) is 9.60. The molecular weight excluding hydrogens is 318 g/mol. The molecule has 1 unspecified atom stereocenters. The van der Waals surface area contributed by atoms with Gasteiger partial charge in [0, 0.05) is 25.0 Å². The van der Waals surface area contributed by atoms with Gasteiger partial charge in [-0.15, -0.1) is 0 Å². The molecule has 0 saturated carbocycles. The largest absolute Gasteiger partial charge is 0.496 e. The summed E-state index contributed by atoms with van der Waals surface area (Å²) in [5.41, 5.74) is 3.06. The van der Waals surface area contributed by atoms with E-state index in [-0.39, 0.29) is 6.04 Å². The predicted molar refractivity (Wildman–Crippen MR) is 82.7 cm³/mol. The topological polar surface area (TPSA) is 47.0 Å². The molecule has 1 aromatic heterocycles. The zero-order chi connectivity index (χ0) is 14.5. The van der Waals surface area contributed by atoms with Crippen LogP contribution in [0.4, 0.5) is 0 Å². The van der Waals surface area contributed by atoms with Gasteiger partial charge in [-0.25, -0.2) is 0 Å². The fourth-order valence-electron chi connectivity index (χ4n) is 1.84. The van der Waals surface area contributed by atoms with E-state index < -0.39 is 0 Å². The maximum Gasteiger partial charge on any atom is 0.133 e. The van der Waals surface area contributed by atoms with Crippen LogP contribution in [0.3, 0.4) is 0 Å². The summed E-state index contributed by atoms with van der Waals surface area (Å²) < 4.78 is 6.19. The Labute approximate surface area is 127 Å². The van der Waals surface area contributed by atoms with Gasteiger partial charge in [-0.1, -0.05) is 6.07 Å². The van der Waals surface area contributed by atoms with Gasteiger partial charge in [0.05, 0.1) is 23.0 Å². The molecule has 0 spiro atoms. The summed E-state index contributed by atoms with van der Waals surface area (Å²) >= 11 is 3.50. The molecule has 5 heteroatoms. The molecule has 0 fully saturated rings. The summed E-state index contributed by atoms with van der Waals surface area (Å²) in [6.45, 7) is 4.75. The highest BCUT2D eigenvalue weighted by molar-refractivity contribution is 9.10. The predicted octanol–water partition coefficient (Wildman–Crippen LogP) is 3.41. The number of ether oxygens (including phenoxy) is 1. The van der Waals surface area contributed by atoms with Crippen LogP contribution in [-0.2, 0) is 6.54 Å². The van der Waals surface area contributed by atoms with Crippen molar-refractivity contribution in [2.45, 2.75) is 26.4 Å². The minimum absolute atomic E-state index is 0.223. The average Bonchev–Trinajstić information content (AvgIpc) is 2.46. The molecule has 0 radical (unpaired) electrons. The van der Waals surface area contributed by atoms with Crippen LogP contribution in [0, 0.1) is 6.92 Å². The van der Waals surface area contributed by atoms with Gasteiger partial charge in [-0.3, -0.25) is 9.97 Å². The fourth-order valence-corrected chi connectivity index (χ4v) is 2.40. The maximum atomic E-state index is 5.23. The summed E-state index contributed by atoms with van der Waals surface area (Å²) in [6, 6.07) is 6.31. The quantitative estimate of drug-likeness (QED) is 0.909. The molecular formula is C15H18BrN3O. The van der Waals surface area contributed by atoms with Crippen LogP contribution in [0.25, 0.3) is 0 Å². The number of nitrogens with zero attached hydrogens (tertiary/aromatic N) is 2. The van der Waals surface area contributed by atoms with Gasteiger partial charge in [0.1, 0.15) is 5.75 Å². The number of rotatable bonds is 5. The van der Waals surface area contributed by atoms with Crippen LogP contribution in [0.1, 0.15) is 29.9 Å². The smallest absolute Gasteiger partial charge is 0.133 e. The Bertz CT molecular complexity index is 572. The minimum Gasteiger partial charge on any atom is -0.496 e. The third kappa shape index (κ3) is 3.77. The maximum absolute atomic E-state index is 5.23. The lowest BCUT2D eigenvalue weighted by Gasteiger charge is -2.15. The molecule has 1 atom stereocenters. The number of methoxy groups -OCH3 is 1. The fraction of sp³-hybridized carbons (Fsp3) is 0.333. The van der Waals surface area contributed by atoms with Gasteiger partial charge in [0.2, 0.25) is 0 Å². The molecule has 0 amide bonds.